The molecule has 0 saturated carbocycles. The Morgan fingerprint density at radius 2 is 1.90 bits per heavy atom. The van der Waals surface area contributed by atoms with E-state index in [0.29, 0.717) is 0 Å². The van der Waals surface area contributed by atoms with Crippen LogP contribution in [0.15, 0.2) is 17.0 Å². The Morgan fingerprint density at radius 3 is 2.33 bits per heavy atom. The van der Waals surface area contributed by atoms with Gasteiger partial charge >= 0.3 is 5.97 Å². The minimum atomic E-state index is -4.15. The van der Waals surface area contributed by atoms with Crippen molar-refractivity contribution in [3.63, 3.8) is 0 Å². The third-order valence-corrected chi connectivity index (χ3v) is 5.62. The number of halogens is 1. The molecule has 0 atom stereocenters. The molecule has 1 aromatic rings. The number of aromatic carboxylic acids is 1. The zero-order valence-corrected chi connectivity index (χ0v) is 13.0. The quantitative estimate of drug-likeness (QED) is 0.851. The molecule has 0 radical (unpaired) electrons. The normalized spacial score (nSPS) is 12.7. The van der Waals surface area contributed by atoms with Crippen molar-refractivity contribution in [2.75, 3.05) is 13.7 Å². The molecule has 0 amide bonds. The molecule has 0 unspecified atom stereocenters. The minimum absolute atomic E-state index is 0.166. The van der Waals surface area contributed by atoms with Crippen LogP contribution in [0.4, 0.5) is 4.39 Å². The summed E-state index contributed by atoms with van der Waals surface area (Å²) in [7, 11) is -2.90. The molecule has 0 spiro atoms. The molecule has 8 heteroatoms. The summed E-state index contributed by atoms with van der Waals surface area (Å²) >= 11 is 0. The van der Waals surface area contributed by atoms with Crippen molar-refractivity contribution in [2.24, 2.45) is 0 Å². The van der Waals surface area contributed by atoms with E-state index in [1.165, 1.54) is 27.8 Å². The summed E-state index contributed by atoms with van der Waals surface area (Å²) < 4.78 is 39.8. The molecule has 6 nitrogen and oxygen atoms in total. The molecule has 118 valence electrons. The van der Waals surface area contributed by atoms with Gasteiger partial charge < -0.3 is 10.2 Å². The van der Waals surface area contributed by atoms with E-state index in [1.54, 1.807) is 0 Å². The highest BCUT2D eigenvalue weighted by molar-refractivity contribution is 7.89. The smallest absolute Gasteiger partial charge is 0.335 e. The van der Waals surface area contributed by atoms with E-state index < -0.39 is 44.4 Å². The number of carbonyl (C=O) groups is 1. The Hall–Kier alpha value is -1.51. The molecule has 0 fully saturated rings. The number of benzene rings is 1. The van der Waals surface area contributed by atoms with E-state index in [1.807, 2.05) is 0 Å². The molecular formula is C13H18FNO5S. The first-order valence-corrected chi connectivity index (χ1v) is 7.52. The molecule has 0 aromatic heterocycles. The van der Waals surface area contributed by atoms with Crippen molar-refractivity contribution in [2.45, 2.75) is 31.2 Å². The van der Waals surface area contributed by atoms with E-state index in [-0.39, 0.29) is 5.56 Å². The van der Waals surface area contributed by atoms with Crippen LogP contribution >= 0.6 is 0 Å². The SMILES string of the molecule is Cc1c(F)cc(C(=O)O)cc1S(=O)(=O)N(C)C(C)(C)CO. The largest absolute Gasteiger partial charge is 0.478 e. The predicted molar refractivity (Wildman–Crippen MR) is 74.2 cm³/mol. The van der Waals surface area contributed by atoms with Gasteiger partial charge in [0.2, 0.25) is 10.0 Å². The van der Waals surface area contributed by atoms with Gasteiger partial charge in [0.1, 0.15) is 5.82 Å². The van der Waals surface area contributed by atoms with Crippen LogP contribution < -0.4 is 0 Å². The highest BCUT2D eigenvalue weighted by Crippen LogP contribution is 2.27. The van der Waals surface area contributed by atoms with Crippen molar-refractivity contribution < 1.29 is 27.8 Å². The second-order valence-corrected chi connectivity index (χ2v) is 7.27. The van der Waals surface area contributed by atoms with Gasteiger partial charge in [-0.1, -0.05) is 0 Å². The summed E-state index contributed by atoms with van der Waals surface area (Å²) in [6.45, 7) is 3.81. The van der Waals surface area contributed by atoms with Crippen LogP contribution in [0.5, 0.6) is 0 Å². The lowest BCUT2D eigenvalue weighted by Crippen LogP contribution is -2.47. The number of likely N-dealkylation sites (N-methyl/N-ethyl adjacent to an activating group) is 1. The summed E-state index contributed by atoms with van der Waals surface area (Å²) in [5, 5.41) is 18.2. The Labute approximate surface area is 122 Å². The maximum atomic E-state index is 13.8. The van der Waals surface area contributed by atoms with E-state index in [9.17, 15) is 22.7 Å². The monoisotopic (exact) mass is 319 g/mol. The van der Waals surface area contributed by atoms with Gasteiger partial charge in [-0.15, -0.1) is 0 Å². The number of nitrogens with zero attached hydrogens (tertiary/aromatic N) is 1. The fourth-order valence-electron chi connectivity index (χ4n) is 1.62. The van der Waals surface area contributed by atoms with Crippen LogP contribution in [0.1, 0.15) is 29.8 Å². The van der Waals surface area contributed by atoms with Crippen molar-refractivity contribution in [1.29, 1.82) is 0 Å². The van der Waals surface area contributed by atoms with Gasteiger partial charge in [0.25, 0.3) is 0 Å². The number of rotatable bonds is 5. The average Bonchev–Trinajstić information content (AvgIpc) is 2.40. The molecule has 1 aromatic carbocycles. The van der Waals surface area contributed by atoms with Crippen LogP contribution in [-0.4, -0.2) is 48.1 Å². The molecule has 21 heavy (non-hydrogen) atoms. The van der Waals surface area contributed by atoms with Crippen LogP contribution in [0.2, 0.25) is 0 Å². The fourth-order valence-corrected chi connectivity index (χ4v) is 3.38. The highest BCUT2D eigenvalue weighted by atomic mass is 32.2. The number of hydrogen-bond donors (Lipinski definition) is 2. The summed E-state index contributed by atoms with van der Waals surface area (Å²) in [4.78, 5) is 10.5. The maximum Gasteiger partial charge on any atom is 0.335 e. The zero-order chi connectivity index (χ0) is 16.6. The van der Waals surface area contributed by atoms with Crippen molar-refractivity contribution >= 4 is 16.0 Å². The van der Waals surface area contributed by atoms with Crippen molar-refractivity contribution in [3.8, 4) is 0 Å². The second kappa shape index (κ2) is 5.70. The second-order valence-electron chi connectivity index (χ2n) is 5.33. The van der Waals surface area contributed by atoms with Gasteiger partial charge in [0.05, 0.1) is 22.6 Å². The number of carboxylic acids is 1. The Bertz CT molecular complexity index is 669. The molecule has 0 aliphatic carbocycles. The van der Waals surface area contributed by atoms with Gasteiger partial charge in [-0.2, -0.15) is 4.31 Å². The lowest BCUT2D eigenvalue weighted by Gasteiger charge is -2.33. The van der Waals surface area contributed by atoms with Gasteiger partial charge in [-0.25, -0.2) is 17.6 Å². The molecule has 2 N–H and O–H groups in total. The number of sulfonamides is 1. The van der Waals surface area contributed by atoms with Gasteiger partial charge in [0.15, 0.2) is 0 Å². The summed E-state index contributed by atoms with van der Waals surface area (Å²) in [6.07, 6.45) is 0. The van der Waals surface area contributed by atoms with Crippen molar-refractivity contribution in [3.05, 3.63) is 29.1 Å². The first-order chi connectivity index (χ1) is 9.45. The number of aliphatic hydroxyl groups excluding tert-OH is 1. The van der Waals surface area contributed by atoms with Gasteiger partial charge in [-0.05, 0) is 32.9 Å². The topological polar surface area (TPSA) is 94.9 Å². The van der Waals surface area contributed by atoms with Crippen LogP contribution in [0, 0.1) is 12.7 Å². The summed E-state index contributed by atoms with van der Waals surface area (Å²) in [5.41, 5.74) is -1.73. The number of hydrogen-bond acceptors (Lipinski definition) is 4. The average molecular weight is 319 g/mol. The zero-order valence-electron chi connectivity index (χ0n) is 12.2. The van der Waals surface area contributed by atoms with E-state index in [2.05, 4.69) is 0 Å². The Kier molecular flexibility index (Phi) is 4.76. The van der Waals surface area contributed by atoms with Crippen LogP contribution in [0.25, 0.3) is 0 Å². The first-order valence-electron chi connectivity index (χ1n) is 6.08. The Morgan fingerprint density at radius 1 is 1.38 bits per heavy atom. The lowest BCUT2D eigenvalue weighted by atomic mass is 10.1. The van der Waals surface area contributed by atoms with E-state index in [0.717, 1.165) is 16.4 Å². The summed E-state index contributed by atoms with van der Waals surface area (Å²) in [6, 6.07) is 1.69. The van der Waals surface area contributed by atoms with E-state index >= 15 is 0 Å². The summed E-state index contributed by atoms with van der Waals surface area (Å²) in [5.74, 6) is -2.34. The third kappa shape index (κ3) is 3.22. The molecule has 0 aliphatic rings. The molecule has 0 aliphatic heterocycles. The van der Waals surface area contributed by atoms with Crippen LogP contribution in [0.3, 0.4) is 0 Å². The minimum Gasteiger partial charge on any atom is -0.478 e. The highest BCUT2D eigenvalue weighted by Gasteiger charge is 2.35. The Balaban J connectivity index is 3.55. The molecule has 0 heterocycles. The standard InChI is InChI=1S/C13H18FNO5S/c1-8-10(14)5-9(12(17)18)6-11(8)21(19,20)15(4)13(2,3)7-16/h5-6,16H,7H2,1-4H3,(H,17,18). The molecule has 0 bridgehead atoms. The number of carboxylic acid groups (broad SMARTS) is 1. The van der Waals surface area contributed by atoms with E-state index in [4.69, 9.17) is 5.11 Å². The number of aliphatic hydroxyl groups is 1. The molecule has 0 saturated heterocycles. The van der Waals surface area contributed by atoms with Crippen molar-refractivity contribution in [1.82, 2.24) is 4.31 Å². The first kappa shape index (κ1) is 17.5. The fraction of sp³-hybridized carbons (Fsp3) is 0.462. The van der Waals surface area contributed by atoms with Crippen LogP contribution in [-0.2, 0) is 10.0 Å². The van der Waals surface area contributed by atoms with Gasteiger partial charge in [0, 0.05) is 12.6 Å². The molecule has 1 rings (SSSR count). The van der Waals surface area contributed by atoms with Gasteiger partial charge in [-0.3, -0.25) is 0 Å². The molecular weight excluding hydrogens is 301 g/mol. The maximum absolute atomic E-state index is 13.8. The third-order valence-electron chi connectivity index (χ3n) is 3.42. The predicted octanol–water partition coefficient (Wildman–Crippen LogP) is 1.22. The lowest BCUT2D eigenvalue weighted by molar-refractivity contribution is 0.0696.